The molecule has 1 saturated carbocycles. The molecule has 0 radical (unpaired) electrons. The number of piperidine rings is 1. The van der Waals surface area contributed by atoms with Crippen LogP contribution in [0.15, 0.2) is 18.2 Å². The van der Waals surface area contributed by atoms with Gasteiger partial charge < -0.3 is 15.4 Å². The zero-order chi connectivity index (χ0) is 17.1. The first-order chi connectivity index (χ1) is 11.6. The van der Waals surface area contributed by atoms with Crippen molar-refractivity contribution in [1.29, 1.82) is 0 Å². The molecule has 2 atom stereocenters. The Morgan fingerprint density at radius 3 is 2.88 bits per heavy atom. The third-order valence-corrected chi connectivity index (χ3v) is 5.02. The number of halogens is 1. The number of rotatable bonds is 6. The molecule has 1 aliphatic heterocycles. The second-order valence-electron chi connectivity index (χ2n) is 7.19. The summed E-state index contributed by atoms with van der Waals surface area (Å²) in [6.45, 7) is 3.56. The summed E-state index contributed by atoms with van der Waals surface area (Å²) in [4.78, 5) is 14.7. The molecular formula is C19H27FN2O2. The smallest absolute Gasteiger partial charge is 0.254 e. The van der Waals surface area contributed by atoms with Crippen LogP contribution in [0.3, 0.4) is 0 Å². The molecule has 0 spiro atoms. The molecular weight excluding hydrogens is 307 g/mol. The Morgan fingerprint density at radius 1 is 1.38 bits per heavy atom. The van der Waals surface area contributed by atoms with Gasteiger partial charge in [-0.3, -0.25) is 4.79 Å². The number of amides is 1. The first-order valence-electron chi connectivity index (χ1n) is 8.99. The fourth-order valence-corrected chi connectivity index (χ4v) is 3.36. The zero-order valence-electron chi connectivity index (χ0n) is 14.3. The van der Waals surface area contributed by atoms with Crippen LogP contribution in [0.25, 0.3) is 0 Å². The van der Waals surface area contributed by atoms with Crippen LogP contribution in [-0.4, -0.2) is 36.0 Å². The fourth-order valence-electron chi connectivity index (χ4n) is 3.36. The number of carbonyl (C=O) groups is 1. The summed E-state index contributed by atoms with van der Waals surface area (Å²) in [5, 5.41) is 0. The second-order valence-corrected chi connectivity index (χ2v) is 7.19. The van der Waals surface area contributed by atoms with Gasteiger partial charge in [-0.15, -0.1) is 0 Å². The average Bonchev–Trinajstić information content (AvgIpc) is 3.40. The largest absolute Gasteiger partial charge is 0.376 e. The second kappa shape index (κ2) is 7.62. The van der Waals surface area contributed by atoms with Crippen LogP contribution in [-0.2, 0) is 11.3 Å². The summed E-state index contributed by atoms with van der Waals surface area (Å²) in [6, 6.07) is 4.57. The van der Waals surface area contributed by atoms with E-state index in [2.05, 4.69) is 0 Å². The fraction of sp³-hybridized carbons (Fsp3) is 0.632. The number of benzene rings is 1. The number of likely N-dealkylation sites (tertiary alicyclic amines) is 1. The molecule has 3 rings (SSSR count). The predicted molar refractivity (Wildman–Crippen MR) is 91.1 cm³/mol. The molecule has 132 valence electrons. The molecule has 4 nitrogen and oxygen atoms in total. The van der Waals surface area contributed by atoms with E-state index in [-0.39, 0.29) is 30.4 Å². The van der Waals surface area contributed by atoms with E-state index in [1.165, 1.54) is 18.9 Å². The monoisotopic (exact) mass is 334 g/mol. The van der Waals surface area contributed by atoms with E-state index in [0.29, 0.717) is 23.7 Å². The molecule has 2 aliphatic rings. The minimum atomic E-state index is -0.315. The molecule has 0 aromatic heterocycles. The van der Waals surface area contributed by atoms with Crippen molar-refractivity contribution in [2.75, 3.05) is 13.2 Å². The molecule has 1 aromatic carbocycles. The van der Waals surface area contributed by atoms with E-state index in [1.807, 2.05) is 11.8 Å². The molecule has 1 amide bonds. The molecule has 0 unspecified atom stereocenters. The van der Waals surface area contributed by atoms with Gasteiger partial charge in [0.25, 0.3) is 5.91 Å². The van der Waals surface area contributed by atoms with Crippen molar-refractivity contribution in [2.45, 2.75) is 57.7 Å². The van der Waals surface area contributed by atoms with Crippen molar-refractivity contribution in [3.05, 3.63) is 35.1 Å². The maximum atomic E-state index is 14.0. The highest BCUT2D eigenvalue weighted by atomic mass is 19.1. The van der Waals surface area contributed by atoms with Gasteiger partial charge in [-0.1, -0.05) is 0 Å². The van der Waals surface area contributed by atoms with E-state index in [4.69, 9.17) is 10.5 Å². The Hall–Kier alpha value is -1.46. The van der Waals surface area contributed by atoms with Crippen molar-refractivity contribution < 1.29 is 13.9 Å². The Balaban J connectivity index is 1.70. The maximum absolute atomic E-state index is 14.0. The number of hydrogen-bond donors (Lipinski definition) is 1. The summed E-state index contributed by atoms with van der Waals surface area (Å²) in [6.07, 6.45) is 5.43. The van der Waals surface area contributed by atoms with Gasteiger partial charge in [0.1, 0.15) is 5.82 Å². The molecule has 1 aliphatic carbocycles. The summed E-state index contributed by atoms with van der Waals surface area (Å²) in [5.41, 5.74) is 7.03. The lowest BCUT2D eigenvalue weighted by Crippen LogP contribution is -2.51. The van der Waals surface area contributed by atoms with Crippen molar-refractivity contribution in [2.24, 2.45) is 11.7 Å². The van der Waals surface area contributed by atoms with Crippen LogP contribution in [0.4, 0.5) is 4.39 Å². The van der Waals surface area contributed by atoms with Crippen LogP contribution in [0.2, 0.25) is 0 Å². The first kappa shape index (κ1) is 17.4. The number of carbonyl (C=O) groups excluding carboxylic acids is 1. The van der Waals surface area contributed by atoms with Crippen molar-refractivity contribution in [3.63, 3.8) is 0 Å². The Bertz CT molecular complexity index is 587. The van der Waals surface area contributed by atoms with Crippen LogP contribution >= 0.6 is 0 Å². The average molecular weight is 334 g/mol. The van der Waals surface area contributed by atoms with E-state index in [1.54, 1.807) is 12.1 Å². The zero-order valence-corrected chi connectivity index (χ0v) is 14.3. The van der Waals surface area contributed by atoms with E-state index in [0.717, 1.165) is 25.8 Å². The summed E-state index contributed by atoms with van der Waals surface area (Å²) in [5.74, 6) is 0.267. The van der Waals surface area contributed by atoms with Gasteiger partial charge in [-0.25, -0.2) is 4.39 Å². The Kier molecular flexibility index (Phi) is 5.51. The van der Waals surface area contributed by atoms with Gasteiger partial charge in [0.15, 0.2) is 0 Å². The number of nitrogens with two attached hydrogens (primary N) is 1. The van der Waals surface area contributed by atoms with Gasteiger partial charge in [0.05, 0.1) is 6.61 Å². The topological polar surface area (TPSA) is 55.6 Å². The van der Waals surface area contributed by atoms with Crippen LogP contribution in [0.1, 0.15) is 54.9 Å². The van der Waals surface area contributed by atoms with E-state index >= 15 is 0 Å². The maximum Gasteiger partial charge on any atom is 0.254 e. The SMILES string of the molecule is C[C@H](N)[C@@H]1CCCCN1C(=O)c1ccc(F)c(COCC2CC2)c1. The third-order valence-electron chi connectivity index (χ3n) is 5.02. The Labute approximate surface area is 143 Å². The van der Waals surface area contributed by atoms with Gasteiger partial charge in [0.2, 0.25) is 0 Å². The predicted octanol–water partition coefficient (Wildman–Crippen LogP) is 3.09. The molecule has 2 N–H and O–H groups in total. The number of hydrogen-bond acceptors (Lipinski definition) is 3. The van der Waals surface area contributed by atoms with Gasteiger partial charge in [0, 0.05) is 36.4 Å². The molecule has 1 aromatic rings. The summed E-state index contributed by atoms with van der Waals surface area (Å²) in [7, 11) is 0. The number of ether oxygens (including phenoxy) is 1. The highest BCUT2D eigenvalue weighted by Gasteiger charge is 2.30. The summed E-state index contributed by atoms with van der Waals surface area (Å²) >= 11 is 0. The summed E-state index contributed by atoms with van der Waals surface area (Å²) < 4.78 is 19.6. The third kappa shape index (κ3) is 4.14. The number of nitrogens with zero attached hydrogens (tertiary/aromatic N) is 1. The molecule has 24 heavy (non-hydrogen) atoms. The van der Waals surface area contributed by atoms with Gasteiger partial charge >= 0.3 is 0 Å². The van der Waals surface area contributed by atoms with Crippen molar-refractivity contribution in [1.82, 2.24) is 4.90 Å². The lowest BCUT2D eigenvalue weighted by molar-refractivity contribution is 0.0583. The van der Waals surface area contributed by atoms with Crippen LogP contribution in [0, 0.1) is 11.7 Å². The molecule has 1 saturated heterocycles. The van der Waals surface area contributed by atoms with E-state index in [9.17, 15) is 9.18 Å². The first-order valence-corrected chi connectivity index (χ1v) is 8.99. The lowest BCUT2D eigenvalue weighted by atomic mass is 9.95. The Morgan fingerprint density at radius 2 is 2.17 bits per heavy atom. The molecule has 0 bridgehead atoms. The highest BCUT2D eigenvalue weighted by molar-refractivity contribution is 5.94. The molecule has 5 heteroatoms. The minimum absolute atomic E-state index is 0.0551. The van der Waals surface area contributed by atoms with Crippen molar-refractivity contribution >= 4 is 5.91 Å². The lowest BCUT2D eigenvalue weighted by Gasteiger charge is -2.38. The highest BCUT2D eigenvalue weighted by Crippen LogP contribution is 2.29. The standard InChI is InChI=1S/C19H27FN2O2/c1-13(21)18-4-2-3-9-22(18)19(23)15-7-8-17(20)16(10-15)12-24-11-14-5-6-14/h7-8,10,13-14,18H,2-6,9,11-12,21H2,1H3/t13-,18-/m0/s1. The minimum Gasteiger partial charge on any atom is -0.376 e. The van der Waals surface area contributed by atoms with Crippen LogP contribution in [0.5, 0.6) is 0 Å². The van der Waals surface area contributed by atoms with Crippen LogP contribution < -0.4 is 5.73 Å². The van der Waals surface area contributed by atoms with E-state index < -0.39 is 0 Å². The molecule has 1 heterocycles. The quantitative estimate of drug-likeness (QED) is 0.870. The van der Waals surface area contributed by atoms with Crippen molar-refractivity contribution in [3.8, 4) is 0 Å². The van der Waals surface area contributed by atoms with Gasteiger partial charge in [-0.2, -0.15) is 0 Å². The molecule has 2 fully saturated rings. The normalized spacial score (nSPS) is 22.5. The van der Waals surface area contributed by atoms with Gasteiger partial charge in [-0.05, 0) is 63.1 Å².